The lowest BCUT2D eigenvalue weighted by Gasteiger charge is -2.44. The number of nitrogens with one attached hydrogen (secondary N) is 1. The second-order valence-electron chi connectivity index (χ2n) is 6.78. The molecule has 2 atom stereocenters. The molecule has 2 aliphatic rings. The van der Waals surface area contributed by atoms with E-state index in [1.165, 1.54) is 31.4 Å². The van der Waals surface area contributed by atoms with Gasteiger partial charge in [-0.1, -0.05) is 26.8 Å². The largest absolute Gasteiger partial charge is 0.365 e. The Hall–Kier alpha value is -1.02. The number of benzene rings is 1. The van der Waals surface area contributed by atoms with E-state index < -0.39 is 0 Å². The van der Waals surface area contributed by atoms with Crippen molar-refractivity contribution in [1.29, 1.82) is 0 Å². The van der Waals surface area contributed by atoms with Gasteiger partial charge in [0.25, 0.3) is 0 Å². The zero-order chi connectivity index (χ0) is 14.1. The molecule has 3 rings (SSSR count). The van der Waals surface area contributed by atoms with E-state index in [4.69, 9.17) is 0 Å². The number of fused-ring (bicyclic) bond motifs is 1. The van der Waals surface area contributed by atoms with Crippen LogP contribution in [-0.2, 0) is 12.8 Å². The van der Waals surface area contributed by atoms with Crippen LogP contribution in [-0.4, -0.2) is 25.2 Å². The van der Waals surface area contributed by atoms with Gasteiger partial charge in [0.05, 0.1) is 0 Å². The molecule has 0 aromatic heterocycles. The Morgan fingerprint density at radius 2 is 2.05 bits per heavy atom. The van der Waals surface area contributed by atoms with Gasteiger partial charge in [-0.05, 0) is 54.9 Å². The van der Waals surface area contributed by atoms with Crippen LogP contribution in [0.2, 0.25) is 0 Å². The quantitative estimate of drug-likeness (QED) is 0.907. The highest BCUT2D eigenvalue weighted by molar-refractivity contribution is 5.53. The molecule has 0 spiro atoms. The number of piperazine rings is 1. The van der Waals surface area contributed by atoms with E-state index in [0.29, 0.717) is 18.0 Å². The van der Waals surface area contributed by atoms with Crippen LogP contribution in [0.25, 0.3) is 0 Å². The van der Waals surface area contributed by atoms with Crippen LogP contribution in [0.1, 0.15) is 44.7 Å². The SMILES string of the molecule is CCC1CN(c2ccc3c(c2)CCC3)C(C(C)C)CN1. The van der Waals surface area contributed by atoms with Gasteiger partial charge in [0.1, 0.15) is 0 Å². The number of rotatable bonds is 3. The van der Waals surface area contributed by atoms with Gasteiger partial charge in [-0.25, -0.2) is 0 Å². The average Bonchev–Trinajstić information content (AvgIpc) is 2.93. The van der Waals surface area contributed by atoms with Crippen molar-refractivity contribution in [1.82, 2.24) is 5.32 Å². The highest BCUT2D eigenvalue weighted by Gasteiger charge is 2.29. The zero-order valence-corrected chi connectivity index (χ0v) is 13.2. The highest BCUT2D eigenvalue weighted by Crippen LogP contribution is 2.30. The topological polar surface area (TPSA) is 15.3 Å². The normalized spacial score (nSPS) is 26.1. The Labute approximate surface area is 123 Å². The molecule has 1 heterocycles. The minimum absolute atomic E-state index is 0.622. The number of aryl methyl sites for hydroxylation is 2. The standard InChI is InChI=1S/C18H28N2/c1-4-16-12-20(18(11-19-16)13(2)3)17-9-8-14-6-5-7-15(14)10-17/h8-10,13,16,18-19H,4-7,11-12H2,1-3H3. The van der Waals surface area contributed by atoms with Crippen LogP contribution in [0, 0.1) is 5.92 Å². The van der Waals surface area contributed by atoms with Crippen molar-refractivity contribution < 1.29 is 0 Å². The van der Waals surface area contributed by atoms with Gasteiger partial charge in [0.2, 0.25) is 0 Å². The molecular formula is C18H28N2. The first-order chi connectivity index (χ1) is 9.69. The summed E-state index contributed by atoms with van der Waals surface area (Å²) in [6.45, 7) is 9.25. The zero-order valence-electron chi connectivity index (χ0n) is 13.2. The minimum Gasteiger partial charge on any atom is -0.365 e. The van der Waals surface area contributed by atoms with E-state index in [0.717, 1.165) is 13.1 Å². The molecule has 1 aromatic carbocycles. The van der Waals surface area contributed by atoms with Crippen LogP contribution >= 0.6 is 0 Å². The van der Waals surface area contributed by atoms with E-state index in [-0.39, 0.29) is 0 Å². The number of nitrogens with zero attached hydrogens (tertiary/aromatic N) is 1. The summed E-state index contributed by atoms with van der Waals surface area (Å²) in [7, 11) is 0. The molecule has 2 heteroatoms. The summed E-state index contributed by atoms with van der Waals surface area (Å²) in [5.74, 6) is 0.688. The molecule has 2 unspecified atom stereocenters. The van der Waals surface area contributed by atoms with Crippen molar-refractivity contribution in [2.45, 2.75) is 58.5 Å². The van der Waals surface area contributed by atoms with Crippen LogP contribution in [0.3, 0.4) is 0 Å². The summed E-state index contributed by atoms with van der Waals surface area (Å²) >= 11 is 0. The number of hydrogen-bond donors (Lipinski definition) is 1. The van der Waals surface area contributed by atoms with Gasteiger partial charge in [0, 0.05) is 30.9 Å². The van der Waals surface area contributed by atoms with Crippen molar-refractivity contribution in [2.24, 2.45) is 5.92 Å². The van der Waals surface area contributed by atoms with Crippen molar-refractivity contribution in [3.8, 4) is 0 Å². The third kappa shape index (κ3) is 2.58. The molecule has 1 aliphatic heterocycles. The van der Waals surface area contributed by atoms with Crippen LogP contribution in [0.4, 0.5) is 5.69 Å². The molecular weight excluding hydrogens is 244 g/mol. The molecule has 1 aliphatic carbocycles. The summed E-state index contributed by atoms with van der Waals surface area (Å²) in [4.78, 5) is 2.66. The van der Waals surface area contributed by atoms with E-state index in [2.05, 4.69) is 49.2 Å². The molecule has 0 saturated carbocycles. The molecule has 1 saturated heterocycles. The predicted molar refractivity (Wildman–Crippen MR) is 86.5 cm³/mol. The van der Waals surface area contributed by atoms with E-state index >= 15 is 0 Å². The molecule has 110 valence electrons. The van der Waals surface area contributed by atoms with Gasteiger partial charge >= 0.3 is 0 Å². The van der Waals surface area contributed by atoms with Crippen molar-refractivity contribution in [3.63, 3.8) is 0 Å². The summed E-state index contributed by atoms with van der Waals surface area (Å²) in [5.41, 5.74) is 4.62. The van der Waals surface area contributed by atoms with Gasteiger partial charge < -0.3 is 10.2 Å². The van der Waals surface area contributed by atoms with Gasteiger partial charge in [0.15, 0.2) is 0 Å². The fourth-order valence-corrected chi connectivity index (χ4v) is 3.74. The molecule has 1 fully saturated rings. The molecule has 0 radical (unpaired) electrons. The van der Waals surface area contributed by atoms with Gasteiger partial charge in [-0.2, -0.15) is 0 Å². The Morgan fingerprint density at radius 3 is 2.80 bits per heavy atom. The van der Waals surface area contributed by atoms with Crippen LogP contribution in [0.15, 0.2) is 18.2 Å². The maximum absolute atomic E-state index is 3.71. The lowest BCUT2D eigenvalue weighted by Crippen LogP contribution is -2.58. The number of anilines is 1. The Morgan fingerprint density at radius 1 is 1.25 bits per heavy atom. The molecule has 0 bridgehead atoms. The van der Waals surface area contributed by atoms with E-state index in [9.17, 15) is 0 Å². The number of hydrogen-bond acceptors (Lipinski definition) is 2. The van der Waals surface area contributed by atoms with Crippen molar-refractivity contribution >= 4 is 5.69 Å². The third-order valence-electron chi connectivity index (χ3n) is 5.11. The first-order valence-electron chi connectivity index (χ1n) is 8.31. The smallest absolute Gasteiger partial charge is 0.0438 e. The fourth-order valence-electron chi connectivity index (χ4n) is 3.74. The molecule has 20 heavy (non-hydrogen) atoms. The summed E-state index contributed by atoms with van der Waals surface area (Å²) in [6, 6.07) is 8.46. The summed E-state index contributed by atoms with van der Waals surface area (Å²) in [5, 5.41) is 3.71. The second kappa shape index (κ2) is 5.77. The molecule has 1 N–H and O–H groups in total. The Kier molecular flexibility index (Phi) is 4.02. The summed E-state index contributed by atoms with van der Waals surface area (Å²) in [6.07, 6.45) is 5.11. The van der Waals surface area contributed by atoms with Gasteiger partial charge in [-0.3, -0.25) is 0 Å². The lowest BCUT2D eigenvalue weighted by atomic mass is 9.96. The Balaban J connectivity index is 1.87. The monoisotopic (exact) mass is 272 g/mol. The first kappa shape index (κ1) is 13.9. The van der Waals surface area contributed by atoms with Crippen LogP contribution < -0.4 is 10.2 Å². The average molecular weight is 272 g/mol. The second-order valence-corrected chi connectivity index (χ2v) is 6.78. The van der Waals surface area contributed by atoms with E-state index in [1.807, 2.05) is 0 Å². The maximum Gasteiger partial charge on any atom is 0.0438 e. The van der Waals surface area contributed by atoms with Crippen molar-refractivity contribution in [2.75, 3.05) is 18.0 Å². The first-order valence-corrected chi connectivity index (χ1v) is 8.31. The van der Waals surface area contributed by atoms with Crippen molar-refractivity contribution in [3.05, 3.63) is 29.3 Å². The van der Waals surface area contributed by atoms with Crippen LogP contribution in [0.5, 0.6) is 0 Å². The van der Waals surface area contributed by atoms with E-state index in [1.54, 1.807) is 11.1 Å². The highest BCUT2D eigenvalue weighted by atomic mass is 15.2. The molecule has 1 aromatic rings. The van der Waals surface area contributed by atoms with Gasteiger partial charge in [-0.15, -0.1) is 0 Å². The lowest BCUT2D eigenvalue weighted by molar-refractivity contribution is 0.333. The fraction of sp³-hybridized carbons (Fsp3) is 0.667. The molecule has 0 amide bonds. The molecule has 2 nitrogen and oxygen atoms in total. The Bertz CT molecular complexity index is 466. The third-order valence-corrected chi connectivity index (χ3v) is 5.11. The minimum atomic E-state index is 0.622. The predicted octanol–water partition coefficient (Wildman–Crippen LogP) is 3.39. The maximum atomic E-state index is 3.71. The summed E-state index contributed by atoms with van der Waals surface area (Å²) < 4.78 is 0.